The summed E-state index contributed by atoms with van der Waals surface area (Å²) in [7, 11) is 0. The van der Waals surface area contributed by atoms with Crippen molar-refractivity contribution in [1.29, 1.82) is 0 Å². The van der Waals surface area contributed by atoms with E-state index in [4.69, 9.17) is 10.6 Å². The van der Waals surface area contributed by atoms with Crippen LogP contribution in [0.5, 0.6) is 0 Å². The van der Waals surface area contributed by atoms with Crippen molar-refractivity contribution in [2.75, 3.05) is 0 Å². The largest absolute Gasteiger partial charge is 0.391 e. The lowest BCUT2D eigenvalue weighted by Crippen LogP contribution is -2.15. The fourth-order valence-electron chi connectivity index (χ4n) is 1.13. The molecule has 1 rings (SSSR count). The maximum Gasteiger partial charge on any atom is 0.170 e. The molecule has 82 valence electrons. The summed E-state index contributed by atoms with van der Waals surface area (Å²) < 4.78 is 0. The van der Waals surface area contributed by atoms with Crippen molar-refractivity contribution in [3.05, 3.63) is 35.4 Å². The van der Waals surface area contributed by atoms with Crippen LogP contribution in [0.1, 0.15) is 31.9 Å². The quantitative estimate of drug-likeness (QED) is 0.467. The Labute approximate surface area is 90.9 Å². The molecule has 15 heavy (non-hydrogen) atoms. The van der Waals surface area contributed by atoms with Gasteiger partial charge in [-0.3, -0.25) is 0 Å². The minimum atomic E-state index is 0.0541. The number of benzene rings is 1. The third-order valence-electron chi connectivity index (χ3n) is 2.02. The molecule has 0 fully saturated rings. The average Bonchev–Trinajstić information content (AvgIpc) is 2.26. The summed E-state index contributed by atoms with van der Waals surface area (Å²) in [5.74, 6) is 0.423. The minimum Gasteiger partial charge on any atom is -0.391 e. The lowest BCUT2D eigenvalue weighted by molar-refractivity contribution is 0.0858. The summed E-state index contributed by atoms with van der Waals surface area (Å²) in [5.41, 5.74) is 7.94. The van der Waals surface area contributed by atoms with Crippen LogP contribution in [-0.2, 0) is 11.3 Å². The molecule has 0 saturated heterocycles. The molecule has 0 heterocycles. The van der Waals surface area contributed by atoms with Gasteiger partial charge in [-0.2, -0.15) is 0 Å². The summed E-state index contributed by atoms with van der Waals surface area (Å²) in [4.78, 5) is 5.08. The molecule has 0 aromatic heterocycles. The van der Waals surface area contributed by atoms with Gasteiger partial charge in [0.2, 0.25) is 0 Å². The van der Waals surface area contributed by atoms with Gasteiger partial charge in [0.1, 0.15) is 6.10 Å². The van der Waals surface area contributed by atoms with Crippen molar-refractivity contribution in [2.24, 2.45) is 10.9 Å². The predicted molar refractivity (Wildman–Crippen MR) is 62.8 cm³/mol. The Hall–Kier alpha value is -1.51. The van der Waals surface area contributed by atoms with Crippen LogP contribution in [0.15, 0.2) is 29.4 Å². The van der Waals surface area contributed by atoms with Gasteiger partial charge >= 0.3 is 0 Å². The van der Waals surface area contributed by atoms with Crippen molar-refractivity contribution >= 4 is 5.84 Å². The Morgan fingerprint density at radius 2 is 1.93 bits per heavy atom. The van der Waals surface area contributed by atoms with Gasteiger partial charge in [0.25, 0.3) is 0 Å². The highest BCUT2D eigenvalue weighted by molar-refractivity contribution is 5.97. The van der Waals surface area contributed by atoms with Crippen molar-refractivity contribution in [3.63, 3.8) is 0 Å². The number of aryl methyl sites for hydroxylation is 1. The highest BCUT2D eigenvalue weighted by atomic mass is 16.6. The third-order valence-corrected chi connectivity index (χ3v) is 2.02. The molecular weight excluding hydrogens is 188 g/mol. The van der Waals surface area contributed by atoms with Crippen molar-refractivity contribution in [1.82, 2.24) is 0 Å². The van der Waals surface area contributed by atoms with Crippen molar-refractivity contribution in [3.8, 4) is 0 Å². The number of nitrogens with zero attached hydrogens (tertiary/aromatic N) is 1. The van der Waals surface area contributed by atoms with E-state index in [2.05, 4.69) is 12.1 Å². The Morgan fingerprint density at radius 3 is 2.40 bits per heavy atom. The first kappa shape index (κ1) is 11.6. The van der Waals surface area contributed by atoms with Crippen LogP contribution >= 0.6 is 0 Å². The highest BCUT2D eigenvalue weighted by Gasteiger charge is 1.99. The maximum absolute atomic E-state index is 5.76. The number of oxime groups is 1. The third kappa shape index (κ3) is 3.62. The van der Waals surface area contributed by atoms with Crippen molar-refractivity contribution in [2.45, 2.75) is 33.3 Å². The first-order valence-electron chi connectivity index (χ1n) is 5.22. The topological polar surface area (TPSA) is 47.6 Å². The first-order valence-corrected chi connectivity index (χ1v) is 5.22. The second-order valence-electron chi connectivity index (χ2n) is 3.68. The van der Waals surface area contributed by atoms with Gasteiger partial charge in [-0.25, -0.2) is 0 Å². The predicted octanol–water partition coefficient (Wildman–Crippen LogP) is 2.29. The zero-order valence-electron chi connectivity index (χ0n) is 9.53. The van der Waals surface area contributed by atoms with Gasteiger partial charge in [-0.1, -0.05) is 36.3 Å². The fraction of sp³-hybridized carbons (Fsp3) is 0.417. The lowest BCUT2D eigenvalue weighted by Gasteiger charge is -2.05. The van der Waals surface area contributed by atoms with E-state index in [1.54, 1.807) is 0 Å². The number of hydrogen-bond donors (Lipinski definition) is 1. The van der Waals surface area contributed by atoms with E-state index in [1.165, 1.54) is 5.56 Å². The molecule has 0 aliphatic carbocycles. The summed E-state index contributed by atoms with van der Waals surface area (Å²) in [6, 6.07) is 8.02. The first-order chi connectivity index (χ1) is 7.13. The molecule has 0 spiro atoms. The Balaban J connectivity index is 2.73. The molecule has 2 N–H and O–H groups in total. The van der Waals surface area contributed by atoms with E-state index < -0.39 is 0 Å². The Kier molecular flexibility index (Phi) is 4.16. The van der Waals surface area contributed by atoms with E-state index in [-0.39, 0.29) is 6.10 Å². The van der Waals surface area contributed by atoms with Crippen LogP contribution in [0.4, 0.5) is 0 Å². The van der Waals surface area contributed by atoms with Crippen LogP contribution in [-0.4, -0.2) is 11.9 Å². The summed E-state index contributed by atoms with van der Waals surface area (Å²) in [6.45, 7) is 5.95. The smallest absolute Gasteiger partial charge is 0.170 e. The second-order valence-corrected chi connectivity index (χ2v) is 3.68. The van der Waals surface area contributed by atoms with E-state index in [1.807, 2.05) is 38.1 Å². The minimum absolute atomic E-state index is 0.0541. The van der Waals surface area contributed by atoms with Gasteiger partial charge in [-0.05, 0) is 25.8 Å². The molecule has 0 aliphatic rings. The molecule has 1 aromatic carbocycles. The van der Waals surface area contributed by atoms with Gasteiger partial charge < -0.3 is 10.6 Å². The van der Waals surface area contributed by atoms with Gasteiger partial charge in [0, 0.05) is 5.56 Å². The normalized spacial score (nSPS) is 11.9. The zero-order valence-corrected chi connectivity index (χ0v) is 9.53. The fourth-order valence-corrected chi connectivity index (χ4v) is 1.13. The zero-order chi connectivity index (χ0) is 11.3. The van der Waals surface area contributed by atoms with Gasteiger partial charge in [-0.15, -0.1) is 0 Å². The SMILES string of the molecule is CCc1ccc(/C(N)=N/OC(C)C)cc1. The Morgan fingerprint density at radius 1 is 1.33 bits per heavy atom. The van der Waals surface area contributed by atoms with Crippen LogP contribution in [0.2, 0.25) is 0 Å². The number of hydrogen-bond acceptors (Lipinski definition) is 2. The summed E-state index contributed by atoms with van der Waals surface area (Å²) in [5, 5.41) is 3.84. The van der Waals surface area contributed by atoms with Crippen LogP contribution in [0.25, 0.3) is 0 Å². The molecule has 1 aromatic rings. The van der Waals surface area contributed by atoms with E-state index >= 15 is 0 Å². The highest BCUT2D eigenvalue weighted by Crippen LogP contribution is 2.05. The maximum atomic E-state index is 5.76. The van der Waals surface area contributed by atoms with E-state index in [9.17, 15) is 0 Å². The average molecular weight is 206 g/mol. The number of nitrogens with two attached hydrogens (primary N) is 1. The lowest BCUT2D eigenvalue weighted by atomic mass is 10.1. The molecule has 3 nitrogen and oxygen atoms in total. The summed E-state index contributed by atoms with van der Waals surface area (Å²) in [6.07, 6.45) is 1.08. The van der Waals surface area contributed by atoms with Crippen molar-refractivity contribution < 1.29 is 4.84 Å². The van der Waals surface area contributed by atoms with Gasteiger partial charge in [0.15, 0.2) is 5.84 Å². The number of amidine groups is 1. The van der Waals surface area contributed by atoms with Crippen LogP contribution in [0.3, 0.4) is 0 Å². The van der Waals surface area contributed by atoms with E-state index in [0.29, 0.717) is 5.84 Å². The number of rotatable bonds is 4. The summed E-state index contributed by atoms with van der Waals surface area (Å²) >= 11 is 0. The molecule has 3 heteroatoms. The molecule has 0 aliphatic heterocycles. The molecule has 0 bridgehead atoms. The molecule has 0 atom stereocenters. The van der Waals surface area contributed by atoms with Crippen LogP contribution < -0.4 is 5.73 Å². The standard InChI is InChI=1S/C12H18N2O/c1-4-10-5-7-11(8-6-10)12(13)14-15-9(2)3/h5-9H,4H2,1-3H3,(H2,13,14). The molecule has 0 radical (unpaired) electrons. The second kappa shape index (κ2) is 5.39. The van der Waals surface area contributed by atoms with Crippen LogP contribution in [0, 0.1) is 0 Å². The molecular formula is C12H18N2O. The molecule has 0 unspecified atom stereocenters. The monoisotopic (exact) mass is 206 g/mol. The van der Waals surface area contributed by atoms with E-state index in [0.717, 1.165) is 12.0 Å². The Bertz CT molecular complexity index is 328. The molecule has 0 amide bonds. The van der Waals surface area contributed by atoms with Gasteiger partial charge in [0.05, 0.1) is 0 Å². The molecule has 0 saturated carbocycles.